The van der Waals surface area contributed by atoms with Gasteiger partial charge in [-0.15, -0.1) is 0 Å². The molecule has 0 saturated carbocycles. The molecule has 0 aliphatic carbocycles. The van der Waals surface area contributed by atoms with Crippen molar-refractivity contribution in [2.24, 2.45) is 0 Å². The minimum Gasteiger partial charge on any atom is -0.431 e. The molecule has 0 fully saturated rings. The van der Waals surface area contributed by atoms with Crippen LogP contribution in [0.4, 0.5) is 13.2 Å². The molecule has 112 valence electrons. The minimum atomic E-state index is -4.42. The third-order valence-electron chi connectivity index (χ3n) is 3.39. The number of alkyl halides is 3. The first-order valence-electron chi connectivity index (χ1n) is 6.29. The largest absolute Gasteiger partial charge is 0.431 e. The summed E-state index contributed by atoms with van der Waals surface area (Å²) in [4.78, 5) is 23.2. The van der Waals surface area contributed by atoms with Gasteiger partial charge in [-0.3, -0.25) is 9.59 Å². The Bertz CT molecular complexity index is 612. The molecule has 0 spiro atoms. The van der Waals surface area contributed by atoms with Gasteiger partial charge in [0.15, 0.2) is 5.78 Å². The van der Waals surface area contributed by atoms with E-state index in [2.05, 4.69) is 0 Å². The van der Waals surface area contributed by atoms with Crippen molar-refractivity contribution < 1.29 is 27.5 Å². The van der Waals surface area contributed by atoms with Crippen molar-refractivity contribution >= 4 is 11.8 Å². The van der Waals surface area contributed by atoms with E-state index in [-0.39, 0.29) is 18.0 Å². The Balaban J connectivity index is 2.42. The normalized spacial score (nSPS) is 19.5. The summed E-state index contributed by atoms with van der Waals surface area (Å²) in [5, 5.41) is 0. The number of hydrogen-bond donors (Lipinski definition) is 0. The Morgan fingerprint density at radius 3 is 2.29 bits per heavy atom. The first-order chi connectivity index (χ1) is 9.70. The van der Waals surface area contributed by atoms with Gasteiger partial charge in [0.1, 0.15) is 5.76 Å². The summed E-state index contributed by atoms with van der Waals surface area (Å²) in [7, 11) is 0. The molecule has 1 aromatic carbocycles. The van der Waals surface area contributed by atoms with Crippen molar-refractivity contribution in [1.82, 2.24) is 0 Å². The van der Waals surface area contributed by atoms with E-state index in [0.29, 0.717) is 11.1 Å². The van der Waals surface area contributed by atoms with Crippen molar-refractivity contribution in [3.63, 3.8) is 0 Å². The van der Waals surface area contributed by atoms with Gasteiger partial charge >= 0.3 is 12.1 Å². The second kappa shape index (κ2) is 5.35. The first-order valence-corrected chi connectivity index (χ1v) is 6.29. The van der Waals surface area contributed by atoms with E-state index < -0.39 is 23.6 Å². The van der Waals surface area contributed by atoms with E-state index >= 15 is 0 Å². The smallest absolute Gasteiger partial charge is 0.416 e. The van der Waals surface area contributed by atoms with Crippen LogP contribution in [0.25, 0.3) is 0 Å². The summed E-state index contributed by atoms with van der Waals surface area (Å²) >= 11 is 0. The van der Waals surface area contributed by atoms with Crippen LogP contribution in [0.2, 0.25) is 0 Å². The average molecular weight is 298 g/mol. The van der Waals surface area contributed by atoms with Crippen molar-refractivity contribution in [3.8, 4) is 0 Å². The zero-order valence-electron chi connectivity index (χ0n) is 11.5. The first kappa shape index (κ1) is 15.3. The van der Waals surface area contributed by atoms with E-state index in [9.17, 15) is 22.8 Å². The fourth-order valence-corrected chi connectivity index (χ4v) is 2.46. The number of Topliss-reactive ketones (excluding diaryl/α,β-unsaturated/α-hetero) is 1. The number of carbonyl (C=O) groups excluding carboxylic acids is 2. The maximum absolute atomic E-state index is 12.6. The molecule has 0 saturated heterocycles. The minimum absolute atomic E-state index is 0.0579. The molecule has 1 heterocycles. The number of carbonyl (C=O) groups is 2. The van der Waals surface area contributed by atoms with Gasteiger partial charge < -0.3 is 4.74 Å². The third kappa shape index (κ3) is 3.15. The highest BCUT2D eigenvalue weighted by atomic mass is 19.4. The molecule has 1 aliphatic heterocycles. The number of halogens is 3. The summed E-state index contributed by atoms with van der Waals surface area (Å²) in [6, 6.07) is 4.48. The lowest BCUT2D eigenvalue weighted by Gasteiger charge is -2.25. The second-order valence-corrected chi connectivity index (χ2v) is 4.88. The lowest BCUT2D eigenvalue weighted by atomic mass is 9.84. The molecule has 0 aromatic heterocycles. The molecule has 2 rings (SSSR count). The van der Waals surface area contributed by atoms with Crippen LogP contribution in [0.3, 0.4) is 0 Å². The number of rotatable bonds is 2. The Kier molecular flexibility index (Phi) is 3.89. The fourth-order valence-electron chi connectivity index (χ4n) is 2.46. The highest BCUT2D eigenvalue weighted by Crippen LogP contribution is 2.37. The van der Waals surface area contributed by atoms with E-state index in [4.69, 9.17) is 4.74 Å². The number of hydrogen-bond acceptors (Lipinski definition) is 3. The fraction of sp³-hybridized carbons (Fsp3) is 0.333. The molecule has 21 heavy (non-hydrogen) atoms. The van der Waals surface area contributed by atoms with Crippen LogP contribution in [-0.2, 0) is 20.5 Å². The van der Waals surface area contributed by atoms with Gasteiger partial charge in [0, 0.05) is 11.5 Å². The molecular formula is C15H13F3O3. The predicted molar refractivity (Wildman–Crippen MR) is 68.3 cm³/mol. The number of cyclic esters (lactones) is 1. The molecule has 0 bridgehead atoms. The van der Waals surface area contributed by atoms with E-state index in [0.717, 1.165) is 12.1 Å². The van der Waals surface area contributed by atoms with Crippen LogP contribution < -0.4 is 0 Å². The van der Waals surface area contributed by atoms with E-state index in [1.807, 2.05) is 0 Å². The van der Waals surface area contributed by atoms with Gasteiger partial charge in [-0.1, -0.05) is 12.1 Å². The van der Waals surface area contributed by atoms with Crippen LogP contribution in [0.5, 0.6) is 0 Å². The summed E-state index contributed by atoms with van der Waals surface area (Å²) < 4.78 is 42.6. The standard InChI is InChI=1S/C15H13F3O3/c1-8(19)14-9(2)21-13(20)7-12(14)10-3-5-11(6-4-10)15(16,17)18/h3-6,12H,7H2,1-2H3/t12-/m1/s1. The summed E-state index contributed by atoms with van der Waals surface area (Å²) in [6.07, 6.45) is -4.48. The molecular weight excluding hydrogens is 285 g/mol. The average Bonchev–Trinajstić information content (AvgIpc) is 2.36. The van der Waals surface area contributed by atoms with Crippen LogP contribution in [0.1, 0.15) is 37.3 Å². The maximum Gasteiger partial charge on any atom is 0.416 e. The highest BCUT2D eigenvalue weighted by Gasteiger charge is 2.33. The number of allylic oxidation sites excluding steroid dienone is 2. The monoisotopic (exact) mass is 298 g/mol. The number of esters is 1. The van der Waals surface area contributed by atoms with Crippen molar-refractivity contribution in [3.05, 3.63) is 46.7 Å². The summed E-state index contributed by atoms with van der Waals surface area (Å²) in [5.74, 6) is -1.11. The zero-order valence-corrected chi connectivity index (χ0v) is 11.5. The zero-order chi connectivity index (χ0) is 15.8. The maximum atomic E-state index is 12.6. The third-order valence-corrected chi connectivity index (χ3v) is 3.39. The lowest BCUT2D eigenvalue weighted by molar-refractivity contribution is -0.141. The number of benzene rings is 1. The van der Waals surface area contributed by atoms with E-state index in [1.165, 1.54) is 26.0 Å². The molecule has 0 unspecified atom stereocenters. The van der Waals surface area contributed by atoms with E-state index in [1.54, 1.807) is 0 Å². The van der Waals surface area contributed by atoms with Crippen LogP contribution in [-0.4, -0.2) is 11.8 Å². The molecule has 0 N–H and O–H groups in total. The lowest BCUT2D eigenvalue weighted by Crippen LogP contribution is -2.23. The molecule has 0 radical (unpaired) electrons. The Labute approximate surface area is 119 Å². The van der Waals surface area contributed by atoms with Crippen molar-refractivity contribution in [2.45, 2.75) is 32.4 Å². The quantitative estimate of drug-likeness (QED) is 0.784. The SMILES string of the molecule is CC(=O)C1=C(C)OC(=O)C[C@@H]1c1ccc(C(F)(F)F)cc1. The molecule has 1 aromatic rings. The second-order valence-electron chi connectivity index (χ2n) is 4.88. The Morgan fingerprint density at radius 1 is 1.24 bits per heavy atom. The van der Waals surface area contributed by atoms with Crippen LogP contribution in [0, 0.1) is 0 Å². The molecule has 6 heteroatoms. The Hall–Kier alpha value is -2.11. The molecule has 3 nitrogen and oxygen atoms in total. The Morgan fingerprint density at radius 2 is 1.81 bits per heavy atom. The summed E-state index contributed by atoms with van der Waals surface area (Å²) in [6.45, 7) is 2.85. The van der Waals surface area contributed by atoms with Crippen molar-refractivity contribution in [1.29, 1.82) is 0 Å². The van der Waals surface area contributed by atoms with Gasteiger partial charge in [0.25, 0.3) is 0 Å². The molecule has 1 atom stereocenters. The highest BCUT2D eigenvalue weighted by molar-refractivity contribution is 5.97. The summed E-state index contributed by atoms with van der Waals surface area (Å²) in [5.41, 5.74) is 0.0493. The number of ether oxygens (including phenoxy) is 1. The molecule has 1 aliphatic rings. The topological polar surface area (TPSA) is 43.4 Å². The number of ketones is 1. The molecule has 0 amide bonds. The van der Waals surface area contributed by atoms with Crippen LogP contribution in [0.15, 0.2) is 35.6 Å². The van der Waals surface area contributed by atoms with Gasteiger partial charge in [-0.2, -0.15) is 13.2 Å². The van der Waals surface area contributed by atoms with Crippen LogP contribution >= 0.6 is 0 Å². The predicted octanol–water partition coefficient (Wildman–Crippen LogP) is 3.60. The van der Waals surface area contributed by atoms with Gasteiger partial charge in [-0.05, 0) is 31.5 Å². The van der Waals surface area contributed by atoms with Gasteiger partial charge in [0.2, 0.25) is 0 Å². The van der Waals surface area contributed by atoms with Gasteiger partial charge in [0.05, 0.1) is 12.0 Å². The van der Waals surface area contributed by atoms with Crippen molar-refractivity contribution in [2.75, 3.05) is 0 Å². The van der Waals surface area contributed by atoms with Gasteiger partial charge in [-0.25, -0.2) is 0 Å².